The number of hydrogen-bond acceptors (Lipinski definition) is 4. The maximum Gasteiger partial charge on any atom is 0.318 e. The second-order valence-electron chi connectivity index (χ2n) is 4.10. The molecule has 0 saturated heterocycles. The van der Waals surface area contributed by atoms with Crippen molar-refractivity contribution in [3.8, 4) is 5.75 Å². The lowest BCUT2D eigenvalue weighted by Gasteiger charge is -2.11. The molecule has 2 rings (SSSR count). The number of carbonyl (C=O) groups excluding carboxylic acids is 2. The van der Waals surface area contributed by atoms with E-state index < -0.39 is 11.9 Å². The summed E-state index contributed by atoms with van der Waals surface area (Å²) in [4.78, 5) is 21.5. The number of nitrogens with two attached hydrogens (primary N) is 1. The van der Waals surface area contributed by atoms with Crippen molar-refractivity contribution in [2.24, 2.45) is 5.73 Å². The molecule has 1 aromatic rings. The fourth-order valence-corrected chi connectivity index (χ4v) is 1.90. The average molecular weight is 249 g/mol. The summed E-state index contributed by atoms with van der Waals surface area (Å²) in [6.07, 6.45) is 0.837. The monoisotopic (exact) mass is 249 g/mol. The van der Waals surface area contributed by atoms with Crippen LogP contribution < -0.4 is 21.1 Å². The second-order valence-corrected chi connectivity index (χ2v) is 4.10. The molecule has 0 aromatic heterocycles. The highest BCUT2D eigenvalue weighted by Crippen LogP contribution is 2.27. The number of ether oxygens (including phenoxy) is 1. The standard InChI is InChI=1S/C12H15N3O3/c13-12(17)15-11(16)7-14-6-9-5-8-3-1-2-4-10(8)18-9/h1-4,9,14H,5-7H2,(H3,13,15,16,17). The van der Waals surface area contributed by atoms with Gasteiger partial charge in [0.2, 0.25) is 5.91 Å². The number of hydrogen-bond donors (Lipinski definition) is 3. The molecule has 96 valence electrons. The Labute approximate surface area is 104 Å². The van der Waals surface area contributed by atoms with E-state index in [2.05, 4.69) is 5.32 Å². The van der Waals surface area contributed by atoms with Crippen molar-refractivity contribution in [3.05, 3.63) is 29.8 Å². The van der Waals surface area contributed by atoms with Gasteiger partial charge < -0.3 is 15.8 Å². The van der Waals surface area contributed by atoms with Crippen molar-refractivity contribution >= 4 is 11.9 Å². The highest BCUT2D eigenvalue weighted by Gasteiger charge is 2.21. The summed E-state index contributed by atoms with van der Waals surface area (Å²) < 4.78 is 5.68. The van der Waals surface area contributed by atoms with Crippen LogP contribution >= 0.6 is 0 Å². The molecule has 1 heterocycles. The molecule has 0 radical (unpaired) electrons. The predicted octanol–water partition coefficient (Wildman–Crippen LogP) is -0.225. The molecular weight excluding hydrogens is 234 g/mol. The van der Waals surface area contributed by atoms with Gasteiger partial charge in [-0.2, -0.15) is 0 Å². The Kier molecular flexibility index (Phi) is 3.78. The maximum atomic E-state index is 11.1. The molecule has 0 aliphatic carbocycles. The van der Waals surface area contributed by atoms with Gasteiger partial charge in [0, 0.05) is 13.0 Å². The zero-order valence-corrected chi connectivity index (χ0v) is 9.81. The van der Waals surface area contributed by atoms with Gasteiger partial charge in [-0.05, 0) is 11.6 Å². The Hall–Kier alpha value is -2.08. The molecule has 0 spiro atoms. The molecule has 1 atom stereocenters. The number of nitrogens with one attached hydrogen (secondary N) is 2. The summed E-state index contributed by atoms with van der Waals surface area (Å²) in [5.74, 6) is 0.448. The molecule has 6 heteroatoms. The number of imide groups is 1. The van der Waals surface area contributed by atoms with Gasteiger partial charge in [-0.1, -0.05) is 18.2 Å². The molecule has 1 unspecified atom stereocenters. The zero-order valence-electron chi connectivity index (χ0n) is 9.81. The molecule has 3 amide bonds. The van der Waals surface area contributed by atoms with E-state index >= 15 is 0 Å². The lowest BCUT2D eigenvalue weighted by Crippen LogP contribution is -2.42. The van der Waals surface area contributed by atoms with Crippen LogP contribution in [0, 0.1) is 0 Å². The first-order valence-electron chi connectivity index (χ1n) is 5.69. The molecule has 1 aliphatic rings. The van der Waals surface area contributed by atoms with Crippen LogP contribution in [0.5, 0.6) is 5.75 Å². The van der Waals surface area contributed by atoms with E-state index in [-0.39, 0.29) is 12.6 Å². The van der Waals surface area contributed by atoms with Crippen LogP contribution in [-0.2, 0) is 11.2 Å². The van der Waals surface area contributed by atoms with Gasteiger partial charge in [0.25, 0.3) is 0 Å². The molecule has 18 heavy (non-hydrogen) atoms. The predicted molar refractivity (Wildman–Crippen MR) is 65.2 cm³/mol. The topological polar surface area (TPSA) is 93.5 Å². The Morgan fingerprint density at radius 3 is 2.89 bits per heavy atom. The summed E-state index contributed by atoms with van der Waals surface area (Å²) in [6, 6.07) is 7.00. The quantitative estimate of drug-likeness (QED) is 0.687. The average Bonchev–Trinajstić information content (AvgIpc) is 2.70. The molecule has 6 nitrogen and oxygen atoms in total. The molecule has 0 saturated carbocycles. The van der Waals surface area contributed by atoms with Gasteiger partial charge in [0.1, 0.15) is 11.9 Å². The third-order valence-corrected chi connectivity index (χ3v) is 2.63. The molecule has 1 aliphatic heterocycles. The summed E-state index contributed by atoms with van der Waals surface area (Å²) in [5.41, 5.74) is 5.99. The Bertz CT molecular complexity index is 437. The smallest absolute Gasteiger partial charge is 0.318 e. The van der Waals surface area contributed by atoms with E-state index in [4.69, 9.17) is 10.5 Å². The Balaban J connectivity index is 1.71. The largest absolute Gasteiger partial charge is 0.488 e. The van der Waals surface area contributed by atoms with Crippen LogP contribution in [-0.4, -0.2) is 31.1 Å². The SMILES string of the molecule is NC(=O)NC(=O)CNCC1Cc2ccccc2O1. The number of amides is 3. The van der Waals surface area contributed by atoms with Gasteiger partial charge in [0.15, 0.2) is 0 Å². The van der Waals surface area contributed by atoms with Gasteiger partial charge in [0.05, 0.1) is 6.54 Å². The van der Waals surface area contributed by atoms with Crippen LogP contribution in [0.4, 0.5) is 4.79 Å². The van der Waals surface area contributed by atoms with Crippen molar-refractivity contribution in [2.75, 3.05) is 13.1 Å². The number of fused-ring (bicyclic) bond motifs is 1. The first-order chi connectivity index (χ1) is 8.65. The zero-order chi connectivity index (χ0) is 13.0. The van der Waals surface area contributed by atoms with Gasteiger partial charge >= 0.3 is 6.03 Å². The first kappa shape index (κ1) is 12.4. The number of urea groups is 1. The lowest BCUT2D eigenvalue weighted by molar-refractivity contribution is -0.119. The Morgan fingerprint density at radius 1 is 1.39 bits per heavy atom. The van der Waals surface area contributed by atoms with E-state index in [0.717, 1.165) is 12.2 Å². The normalized spacial score (nSPS) is 16.8. The summed E-state index contributed by atoms with van der Waals surface area (Å²) in [6.45, 7) is 0.583. The number of primary amides is 1. The van der Waals surface area contributed by atoms with E-state index in [1.165, 1.54) is 5.56 Å². The van der Waals surface area contributed by atoms with Crippen molar-refractivity contribution in [1.29, 1.82) is 0 Å². The van der Waals surface area contributed by atoms with Crippen LogP contribution in [0.2, 0.25) is 0 Å². The van der Waals surface area contributed by atoms with E-state index in [1.807, 2.05) is 29.6 Å². The van der Waals surface area contributed by atoms with Crippen LogP contribution in [0.25, 0.3) is 0 Å². The number of para-hydroxylation sites is 1. The third kappa shape index (κ3) is 3.21. The minimum atomic E-state index is -0.841. The molecule has 0 bridgehead atoms. The second kappa shape index (κ2) is 5.50. The summed E-state index contributed by atoms with van der Waals surface area (Å²) in [5, 5.41) is 4.90. The van der Waals surface area contributed by atoms with E-state index in [0.29, 0.717) is 6.54 Å². The maximum absolute atomic E-state index is 11.1. The fraction of sp³-hybridized carbons (Fsp3) is 0.333. The highest BCUT2D eigenvalue weighted by atomic mass is 16.5. The number of carbonyl (C=O) groups is 2. The van der Waals surface area contributed by atoms with Crippen molar-refractivity contribution in [3.63, 3.8) is 0 Å². The minimum Gasteiger partial charge on any atom is -0.488 e. The molecular formula is C12H15N3O3. The van der Waals surface area contributed by atoms with Gasteiger partial charge in [-0.25, -0.2) is 4.79 Å². The van der Waals surface area contributed by atoms with E-state index in [1.54, 1.807) is 0 Å². The minimum absolute atomic E-state index is 0.0174. The number of benzene rings is 1. The van der Waals surface area contributed by atoms with Crippen molar-refractivity contribution in [1.82, 2.24) is 10.6 Å². The molecule has 1 aromatic carbocycles. The van der Waals surface area contributed by atoms with Crippen molar-refractivity contribution < 1.29 is 14.3 Å². The first-order valence-corrected chi connectivity index (χ1v) is 5.69. The Morgan fingerprint density at radius 2 is 2.17 bits per heavy atom. The van der Waals surface area contributed by atoms with Crippen LogP contribution in [0.1, 0.15) is 5.56 Å². The molecule has 4 N–H and O–H groups in total. The third-order valence-electron chi connectivity index (χ3n) is 2.63. The van der Waals surface area contributed by atoms with Gasteiger partial charge in [-0.15, -0.1) is 0 Å². The van der Waals surface area contributed by atoms with Crippen LogP contribution in [0.15, 0.2) is 24.3 Å². The van der Waals surface area contributed by atoms with Crippen LogP contribution in [0.3, 0.4) is 0 Å². The highest BCUT2D eigenvalue weighted by molar-refractivity contribution is 5.94. The fourth-order valence-electron chi connectivity index (χ4n) is 1.90. The van der Waals surface area contributed by atoms with Crippen molar-refractivity contribution in [2.45, 2.75) is 12.5 Å². The van der Waals surface area contributed by atoms with E-state index in [9.17, 15) is 9.59 Å². The lowest BCUT2D eigenvalue weighted by atomic mass is 10.1. The number of rotatable bonds is 4. The summed E-state index contributed by atoms with van der Waals surface area (Å²) >= 11 is 0. The van der Waals surface area contributed by atoms with Gasteiger partial charge in [-0.3, -0.25) is 10.1 Å². The molecule has 0 fully saturated rings. The summed E-state index contributed by atoms with van der Waals surface area (Å²) in [7, 11) is 0.